The average Bonchev–Trinajstić information content (AvgIpc) is 2.67. The molecule has 4 atom stereocenters. The Hall–Kier alpha value is -2.40. The first-order valence-corrected chi connectivity index (χ1v) is 8.62. The quantitative estimate of drug-likeness (QED) is 0.821. The summed E-state index contributed by atoms with van der Waals surface area (Å²) in [6.45, 7) is 0. The van der Waals surface area contributed by atoms with Crippen molar-refractivity contribution in [3.63, 3.8) is 0 Å². The van der Waals surface area contributed by atoms with Gasteiger partial charge < -0.3 is 10.1 Å². The number of carbonyl (C=O) groups excluding carboxylic acids is 1. The molecule has 2 aliphatic heterocycles. The van der Waals surface area contributed by atoms with Crippen molar-refractivity contribution in [3.05, 3.63) is 65.5 Å². The van der Waals surface area contributed by atoms with Gasteiger partial charge in [-0.05, 0) is 42.2 Å². The van der Waals surface area contributed by atoms with Crippen molar-refractivity contribution in [2.75, 3.05) is 12.4 Å². The first-order valence-electron chi connectivity index (χ1n) is 8.62. The summed E-state index contributed by atoms with van der Waals surface area (Å²) in [6, 6.07) is 14.7. The van der Waals surface area contributed by atoms with Gasteiger partial charge in [-0.15, -0.1) is 0 Å². The Morgan fingerprint density at radius 2 is 1.84 bits per heavy atom. The minimum Gasteiger partial charge on any atom is -0.468 e. The number of anilines is 1. The number of esters is 1. The van der Waals surface area contributed by atoms with E-state index in [4.69, 9.17) is 4.74 Å². The molecule has 2 aromatic carbocycles. The molecule has 2 heterocycles. The fraction of sp³-hybridized carbons (Fsp3) is 0.350. The van der Waals surface area contributed by atoms with Gasteiger partial charge in [0.15, 0.2) is 0 Å². The molecule has 0 aliphatic carbocycles. The lowest BCUT2D eigenvalue weighted by atomic mass is 9.74. The lowest BCUT2D eigenvalue weighted by Crippen LogP contribution is -2.50. The second-order valence-electron chi connectivity index (χ2n) is 6.72. The van der Waals surface area contributed by atoms with Crippen LogP contribution in [0.4, 0.5) is 10.1 Å². The molecule has 2 aromatic rings. The smallest absolute Gasteiger partial charge is 0.322 e. The van der Waals surface area contributed by atoms with E-state index in [9.17, 15) is 9.18 Å². The number of methoxy groups -OCH3 is 1. The molecular weight excluding hydrogens is 319 g/mol. The summed E-state index contributed by atoms with van der Waals surface area (Å²) in [7, 11) is 1.42. The maximum atomic E-state index is 13.3. The van der Waals surface area contributed by atoms with Gasteiger partial charge in [0.25, 0.3) is 0 Å². The minimum atomic E-state index is -0.286. The van der Waals surface area contributed by atoms with Crippen LogP contribution in [0.5, 0.6) is 0 Å². The van der Waals surface area contributed by atoms with E-state index in [2.05, 4.69) is 16.7 Å². The van der Waals surface area contributed by atoms with Crippen LogP contribution in [0.1, 0.15) is 36.1 Å². The monoisotopic (exact) mass is 340 g/mol. The Kier molecular flexibility index (Phi) is 4.17. The predicted molar refractivity (Wildman–Crippen MR) is 93.6 cm³/mol. The highest BCUT2D eigenvalue weighted by atomic mass is 19.1. The molecule has 1 fully saturated rings. The van der Waals surface area contributed by atoms with Crippen molar-refractivity contribution < 1.29 is 13.9 Å². The topological polar surface area (TPSA) is 50.4 Å². The molecule has 1 saturated heterocycles. The Labute approximate surface area is 146 Å². The van der Waals surface area contributed by atoms with Crippen molar-refractivity contribution in [1.82, 2.24) is 5.32 Å². The molecule has 0 radical (unpaired) electrons. The van der Waals surface area contributed by atoms with Crippen molar-refractivity contribution >= 4 is 11.7 Å². The number of para-hydroxylation sites is 1. The number of piperidine rings is 1. The van der Waals surface area contributed by atoms with Gasteiger partial charge in [-0.1, -0.05) is 30.3 Å². The fourth-order valence-electron chi connectivity index (χ4n) is 4.13. The lowest BCUT2D eigenvalue weighted by Gasteiger charge is -2.45. The Morgan fingerprint density at radius 1 is 1.08 bits per heavy atom. The summed E-state index contributed by atoms with van der Waals surface area (Å²) in [4.78, 5) is 12.0. The van der Waals surface area contributed by atoms with Gasteiger partial charge >= 0.3 is 5.97 Å². The third-order valence-corrected chi connectivity index (χ3v) is 5.35. The average molecular weight is 340 g/mol. The molecule has 0 saturated carbocycles. The lowest BCUT2D eigenvalue weighted by molar-refractivity contribution is -0.144. The van der Waals surface area contributed by atoms with E-state index < -0.39 is 0 Å². The van der Waals surface area contributed by atoms with Gasteiger partial charge in [0.1, 0.15) is 11.9 Å². The number of benzene rings is 2. The Morgan fingerprint density at radius 3 is 2.60 bits per heavy atom. The van der Waals surface area contributed by atoms with Crippen LogP contribution in [-0.4, -0.2) is 19.1 Å². The van der Waals surface area contributed by atoms with Crippen LogP contribution in [0.15, 0.2) is 48.5 Å². The molecule has 130 valence electrons. The van der Waals surface area contributed by atoms with Gasteiger partial charge in [0.2, 0.25) is 0 Å². The molecule has 0 aromatic heterocycles. The van der Waals surface area contributed by atoms with Crippen LogP contribution in [-0.2, 0) is 9.53 Å². The SMILES string of the molecule is COC(=O)C1CCC2C(c3ccc(F)cc3)Nc3ccccc3C2N1. The number of nitrogens with one attached hydrogen (secondary N) is 2. The summed E-state index contributed by atoms with van der Waals surface area (Å²) in [5, 5.41) is 7.10. The molecule has 5 heteroatoms. The van der Waals surface area contributed by atoms with E-state index in [-0.39, 0.29) is 35.8 Å². The highest BCUT2D eigenvalue weighted by Crippen LogP contribution is 2.47. The zero-order valence-corrected chi connectivity index (χ0v) is 14.0. The highest BCUT2D eigenvalue weighted by Gasteiger charge is 2.42. The number of hydrogen-bond acceptors (Lipinski definition) is 4. The third kappa shape index (κ3) is 2.89. The number of halogens is 1. The first kappa shape index (κ1) is 16.1. The summed E-state index contributed by atoms with van der Waals surface area (Å²) < 4.78 is 18.2. The molecular formula is C20H21FN2O2. The second-order valence-corrected chi connectivity index (χ2v) is 6.72. The summed E-state index contributed by atoms with van der Waals surface area (Å²) in [5.74, 6) is -0.168. The van der Waals surface area contributed by atoms with Crippen LogP contribution in [0.3, 0.4) is 0 Å². The Balaban J connectivity index is 1.71. The number of ether oxygens (including phenoxy) is 1. The van der Waals surface area contributed by atoms with Crippen LogP contribution in [0.25, 0.3) is 0 Å². The first-order chi connectivity index (χ1) is 12.2. The molecule has 2 N–H and O–H groups in total. The summed E-state index contributed by atoms with van der Waals surface area (Å²) in [6.07, 6.45) is 1.62. The number of carbonyl (C=O) groups is 1. The molecule has 25 heavy (non-hydrogen) atoms. The van der Waals surface area contributed by atoms with Gasteiger partial charge in [-0.2, -0.15) is 0 Å². The third-order valence-electron chi connectivity index (χ3n) is 5.35. The molecule has 4 rings (SSSR count). The number of fused-ring (bicyclic) bond motifs is 3. The number of hydrogen-bond donors (Lipinski definition) is 2. The van der Waals surface area contributed by atoms with Crippen LogP contribution < -0.4 is 10.6 Å². The van der Waals surface area contributed by atoms with Crippen LogP contribution >= 0.6 is 0 Å². The van der Waals surface area contributed by atoms with Crippen LogP contribution in [0, 0.1) is 11.7 Å². The van der Waals surface area contributed by atoms with E-state index in [1.54, 1.807) is 0 Å². The molecule has 2 aliphatic rings. The minimum absolute atomic E-state index is 0.0605. The molecule has 0 bridgehead atoms. The standard InChI is InChI=1S/C20H21FN2O2/c1-25-20(24)17-11-10-15-18(12-6-8-13(21)9-7-12)22-16-5-3-2-4-14(16)19(15)23-17/h2-9,15,17-19,22-23H,10-11H2,1H3. The fourth-order valence-corrected chi connectivity index (χ4v) is 4.13. The van der Waals surface area contributed by atoms with E-state index in [0.29, 0.717) is 0 Å². The van der Waals surface area contributed by atoms with Crippen molar-refractivity contribution in [1.29, 1.82) is 0 Å². The van der Waals surface area contributed by atoms with Gasteiger partial charge in [-0.25, -0.2) is 4.39 Å². The molecule has 4 unspecified atom stereocenters. The zero-order chi connectivity index (χ0) is 17.4. The highest BCUT2D eigenvalue weighted by molar-refractivity contribution is 5.76. The largest absolute Gasteiger partial charge is 0.468 e. The van der Waals surface area contributed by atoms with Gasteiger partial charge in [0, 0.05) is 17.6 Å². The van der Waals surface area contributed by atoms with E-state index in [1.165, 1.54) is 24.8 Å². The van der Waals surface area contributed by atoms with Gasteiger partial charge in [-0.3, -0.25) is 10.1 Å². The molecule has 4 nitrogen and oxygen atoms in total. The zero-order valence-electron chi connectivity index (χ0n) is 14.0. The van der Waals surface area contributed by atoms with Crippen molar-refractivity contribution in [2.45, 2.75) is 31.0 Å². The van der Waals surface area contributed by atoms with Crippen molar-refractivity contribution in [3.8, 4) is 0 Å². The van der Waals surface area contributed by atoms with E-state index in [0.717, 1.165) is 24.1 Å². The molecule has 0 amide bonds. The second kappa shape index (κ2) is 6.48. The van der Waals surface area contributed by atoms with Crippen LogP contribution in [0.2, 0.25) is 0 Å². The molecule has 0 spiro atoms. The normalized spacial score (nSPS) is 27.6. The van der Waals surface area contributed by atoms with E-state index in [1.807, 2.05) is 30.3 Å². The van der Waals surface area contributed by atoms with Gasteiger partial charge in [0.05, 0.1) is 13.2 Å². The number of rotatable bonds is 2. The Bertz CT molecular complexity index is 778. The van der Waals surface area contributed by atoms with E-state index >= 15 is 0 Å². The van der Waals surface area contributed by atoms with Crippen molar-refractivity contribution in [2.24, 2.45) is 5.92 Å². The maximum absolute atomic E-state index is 13.3. The summed E-state index contributed by atoms with van der Waals surface area (Å²) in [5.41, 5.74) is 3.28. The maximum Gasteiger partial charge on any atom is 0.322 e. The predicted octanol–water partition coefficient (Wildman–Crippen LogP) is 3.57. The summed E-state index contributed by atoms with van der Waals surface area (Å²) >= 11 is 0.